The molecule has 2 aromatic rings. The Bertz CT molecular complexity index is 757. The lowest BCUT2D eigenvalue weighted by molar-refractivity contribution is 0.251. The number of para-hydroxylation sites is 1. The van der Waals surface area contributed by atoms with Gasteiger partial charge < -0.3 is 15.5 Å². The van der Waals surface area contributed by atoms with Crippen LogP contribution in [0.5, 0.6) is 0 Å². The summed E-state index contributed by atoms with van der Waals surface area (Å²) >= 11 is 0. The molecular formula is C24H35N3O. The Kier molecular flexibility index (Phi) is 8.06. The normalized spacial score (nSPS) is 11.3. The van der Waals surface area contributed by atoms with E-state index >= 15 is 0 Å². The monoisotopic (exact) mass is 381 g/mol. The van der Waals surface area contributed by atoms with E-state index in [0.717, 1.165) is 24.3 Å². The molecule has 4 heteroatoms. The van der Waals surface area contributed by atoms with Gasteiger partial charge >= 0.3 is 6.03 Å². The smallest absolute Gasteiger partial charge is 0.319 e. The molecule has 0 aromatic heterocycles. The number of hydrogen-bond acceptors (Lipinski definition) is 2. The summed E-state index contributed by atoms with van der Waals surface area (Å²) in [5.41, 5.74) is 5.66. The van der Waals surface area contributed by atoms with Crippen molar-refractivity contribution in [1.82, 2.24) is 10.2 Å². The highest BCUT2D eigenvalue weighted by atomic mass is 16.2. The van der Waals surface area contributed by atoms with Crippen LogP contribution in [0.25, 0.3) is 0 Å². The van der Waals surface area contributed by atoms with Crippen molar-refractivity contribution in [1.29, 1.82) is 0 Å². The third-order valence-corrected chi connectivity index (χ3v) is 5.05. The van der Waals surface area contributed by atoms with E-state index in [1.54, 1.807) is 0 Å². The van der Waals surface area contributed by atoms with Crippen LogP contribution in [0.3, 0.4) is 0 Å². The number of carbonyl (C=O) groups is 1. The molecule has 0 unspecified atom stereocenters. The predicted octanol–water partition coefficient (Wildman–Crippen LogP) is 5.71. The first-order chi connectivity index (χ1) is 13.3. The van der Waals surface area contributed by atoms with E-state index in [2.05, 4.69) is 99.7 Å². The van der Waals surface area contributed by atoms with Crippen LogP contribution in [0.4, 0.5) is 10.5 Å². The Hall–Kier alpha value is -2.33. The van der Waals surface area contributed by atoms with Crippen LogP contribution in [0, 0.1) is 0 Å². The first-order valence-electron chi connectivity index (χ1n) is 10.3. The fraction of sp³-hybridized carbons (Fsp3) is 0.458. The summed E-state index contributed by atoms with van der Waals surface area (Å²) < 4.78 is 0. The highest BCUT2D eigenvalue weighted by molar-refractivity contribution is 5.91. The molecule has 0 aliphatic heterocycles. The Morgan fingerprint density at radius 3 is 2.11 bits per heavy atom. The van der Waals surface area contributed by atoms with E-state index < -0.39 is 0 Å². The number of amides is 2. The number of nitrogens with one attached hydrogen (secondary N) is 2. The molecule has 2 rings (SSSR count). The molecule has 2 amide bonds. The first kappa shape index (κ1) is 22.0. The third kappa shape index (κ3) is 6.10. The van der Waals surface area contributed by atoms with Crippen molar-refractivity contribution >= 4 is 11.7 Å². The third-order valence-electron chi connectivity index (χ3n) is 5.05. The Morgan fingerprint density at radius 1 is 0.964 bits per heavy atom. The van der Waals surface area contributed by atoms with Crippen LogP contribution in [0.2, 0.25) is 0 Å². The van der Waals surface area contributed by atoms with Crippen molar-refractivity contribution in [2.45, 2.75) is 59.5 Å². The SMILES string of the molecule is CCN(C)Cc1cccc(CNC(=O)Nc2c(C(C)C)cccc2C(C)C)c1. The zero-order valence-electron chi connectivity index (χ0n) is 18.2. The summed E-state index contributed by atoms with van der Waals surface area (Å²) in [6.45, 7) is 13.2. The molecule has 0 atom stereocenters. The predicted molar refractivity (Wildman–Crippen MR) is 119 cm³/mol. The molecule has 152 valence electrons. The average molecular weight is 382 g/mol. The molecule has 0 bridgehead atoms. The summed E-state index contributed by atoms with van der Waals surface area (Å²) in [7, 11) is 2.11. The summed E-state index contributed by atoms with van der Waals surface area (Å²) in [5, 5.41) is 6.12. The second kappa shape index (κ2) is 10.3. The lowest BCUT2D eigenvalue weighted by Gasteiger charge is -2.20. The first-order valence-corrected chi connectivity index (χ1v) is 10.3. The molecule has 0 saturated carbocycles. The number of urea groups is 1. The van der Waals surface area contributed by atoms with E-state index in [9.17, 15) is 4.79 Å². The van der Waals surface area contributed by atoms with Gasteiger partial charge in [0.15, 0.2) is 0 Å². The minimum atomic E-state index is -0.161. The van der Waals surface area contributed by atoms with Crippen molar-refractivity contribution in [3.8, 4) is 0 Å². The quantitative estimate of drug-likeness (QED) is 0.615. The molecule has 0 radical (unpaired) electrons. The van der Waals surface area contributed by atoms with E-state index in [1.165, 1.54) is 16.7 Å². The van der Waals surface area contributed by atoms with Gasteiger partial charge in [-0.3, -0.25) is 0 Å². The summed E-state index contributed by atoms with van der Waals surface area (Å²) in [4.78, 5) is 14.9. The standard InChI is InChI=1S/C24H35N3O/c1-7-27(6)16-20-11-8-10-19(14-20)15-25-24(28)26-23-21(17(2)3)12-9-13-22(23)18(4)5/h8-14,17-18H,7,15-16H2,1-6H3,(H2,25,26,28). The minimum absolute atomic E-state index is 0.161. The zero-order valence-corrected chi connectivity index (χ0v) is 18.2. The van der Waals surface area contributed by atoms with Crippen LogP contribution in [-0.2, 0) is 13.1 Å². The van der Waals surface area contributed by atoms with Crippen LogP contribution < -0.4 is 10.6 Å². The second-order valence-electron chi connectivity index (χ2n) is 8.08. The highest BCUT2D eigenvalue weighted by Gasteiger charge is 2.15. The molecular weight excluding hydrogens is 346 g/mol. The summed E-state index contributed by atoms with van der Waals surface area (Å²) in [5.74, 6) is 0.697. The van der Waals surface area contributed by atoms with Crippen LogP contribution >= 0.6 is 0 Å². The Balaban J connectivity index is 2.06. The van der Waals surface area contributed by atoms with Gasteiger partial charge in [-0.1, -0.05) is 77.1 Å². The summed E-state index contributed by atoms with van der Waals surface area (Å²) in [6, 6.07) is 14.5. The molecule has 0 spiro atoms. The molecule has 0 aliphatic carbocycles. The topological polar surface area (TPSA) is 44.4 Å². The Labute approximate surface area is 170 Å². The van der Waals surface area contributed by atoms with Crippen molar-refractivity contribution < 1.29 is 4.79 Å². The summed E-state index contributed by atoms with van der Waals surface area (Å²) in [6.07, 6.45) is 0. The van der Waals surface area contributed by atoms with E-state index in [-0.39, 0.29) is 6.03 Å². The largest absolute Gasteiger partial charge is 0.334 e. The highest BCUT2D eigenvalue weighted by Crippen LogP contribution is 2.32. The van der Waals surface area contributed by atoms with Gasteiger partial charge in [0, 0.05) is 18.8 Å². The minimum Gasteiger partial charge on any atom is -0.334 e. The van der Waals surface area contributed by atoms with Crippen molar-refractivity contribution in [2.75, 3.05) is 18.9 Å². The number of nitrogens with zero attached hydrogens (tertiary/aromatic N) is 1. The van der Waals surface area contributed by atoms with Crippen molar-refractivity contribution in [2.24, 2.45) is 0 Å². The fourth-order valence-corrected chi connectivity index (χ4v) is 3.30. The second-order valence-corrected chi connectivity index (χ2v) is 8.08. The van der Waals surface area contributed by atoms with Gasteiger partial charge in [0.1, 0.15) is 0 Å². The maximum Gasteiger partial charge on any atom is 0.319 e. The molecule has 0 aliphatic rings. The molecule has 4 nitrogen and oxygen atoms in total. The van der Waals surface area contributed by atoms with Crippen LogP contribution in [0.15, 0.2) is 42.5 Å². The number of rotatable bonds is 8. The lowest BCUT2D eigenvalue weighted by atomic mass is 9.93. The van der Waals surface area contributed by atoms with Gasteiger partial charge in [-0.05, 0) is 47.7 Å². The number of carbonyl (C=O) groups excluding carboxylic acids is 1. The van der Waals surface area contributed by atoms with Gasteiger partial charge in [0.25, 0.3) is 0 Å². The zero-order chi connectivity index (χ0) is 20.7. The number of benzene rings is 2. The average Bonchev–Trinajstić information content (AvgIpc) is 2.66. The number of anilines is 1. The molecule has 0 saturated heterocycles. The molecule has 2 aromatic carbocycles. The van der Waals surface area contributed by atoms with Gasteiger partial charge in [0.05, 0.1) is 0 Å². The number of hydrogen-bond donors (Lipinski definition) is 2. The van der Waals surface area contributed by atoms with Gasteiger partial charge in [0.2, 0.25) is 0 Å². The van der Waals surface area contributed by atoms with Gasteiger partial charge in [-0.2, -0.15) is 0 Å². The van der Waals surface area contributed by atoms with E-state index in [4.69, 9.17) is 0 Å². The molecule has 0 fully saturated rings. The molecule has 2 N–H and O–H groups in total. The van der Waals surface area contributed by atoms with Crippen molar-refractivity contribution in [3.05, 3.63) is 64.7 Å². The van der Waals surface area contributed by atoms with E-state index in [1.807, 2.05) is 0 Å². The van der Waals surface area contributed by atoms with Gasteiger partial charge in [-0.25, -0.2) is 4.79 Å². The lowest BCUT2D eigenvalue weighted by Crippen LogP contribution is -2.29. The van der Waals surface area contributed by atoms with Crippen LogP contribution in [-0.4, -0.2) is 24.5 Å². The maximum absolute atomic E-state index is 12.6. The van der Waals surface area contributed by atoms with Gasteiger partial charge in [-0.15, -0.1) is 0 Å². The molecule has 0 heterocycles. The fourth-order valence-electron chi connectivity index (χ4n) is 3.30. The van der Waals surface area contributed by atoms with Crippen molar-refractivity contribution in [3.63, 3.8) is 0 Å². The van der Waals surface area contributed by atoms with E-state index in [0.29, 0.717) is 18.4 Å². The Morgan fingerprint density at radius 2 is 1.54 bits per heavy atom. The maximum atomic E-state index is 12.6. The van der Waals surface area contributed by atoms with Crippen LogP contribution in [0.1, 0.15) is 68.7 Å². The molecule has 28 heavy (non-hydrogen) atoms.